The van der Waals surface area contributed by atoms with Crippen LogP contribution in [-0.4, -0.2) is 15.1 Å². The van der Waals surface area contributed by atoms with Crippen molar-refractivity contribution in [1.29, 1.82) is 0 Å². The summed E-state index contributed by atoms with van der Waals surface area (Å²) in [5.74, 6) is -0.288. The van der Waals surface area contributed by atoms with Crippen molar-refractivity contribution in [1.82, 2.24) is 9.97 Å². The molecule has 0 saturated carbocycles. The van der Waals surface area contributed by atoms with Crippen LogP contribution in [0.1, 0.15) is 11.3 Å². The average Bonchev–Trinajstić information content (AvgIpc) is 2.41. The smallest absolute Gasteiger partial charge is 0.392 e. The van der Waals surface area contributed by atoms with Gasteiger partial charge < -0.3 is 10.4 Å². The summed E-state index contributed by atoms with van der Waals surface area (Å²) in [5.41, 5.74) is -1.30. The number of rotatable bonds is 3. The van der Waals surface area contributed by atoms with Crippen molar-refractivity contribution in [2.45, 2.75) is 12.8 Å². The van der Waals surface area contributed by atoms with Crippen molar-refractivity contribution < 1.29 is 18.3 Å². The number of aliphatic hydroxyl groups excluding tert-OH is 1. The van der Waals surface area contributed by atoms with Crippen molar-refractivity contribution in [3.8, 4) is 0 Å². The summed E-state index contributed by atoms with van der Waals surface area (Å²) in [6, 6.07) is 4.43. The summed E-state index contributed by atoms with van der Waals surface area (Å²) >= 11 is 11.6. The highest BCUT2D eigenvalue weighted by atomic mass is 35.5. The lowest BCUT2D eigenvalue weighted by Gasteiger charge is -2.12. The van der Waals surface area contributed by atoms with Gasteiger partial charge in [0.2, 0.25) is 5.95 Å². The monoisotopic (exact) mass is 337 g/mol. The van der Waals surface area contributed by atoms with E-state index in [2.05, 4.69) is 15.3 Å². The zero-order valence-corrected chi connectivity index (χ0v) is 11.8. The molecule has 0 atom stereocenters. The maximum Gasteiger partial charge on any atom is 0.433 e. The van der Waals surface area contributed by atoms with Crippen LogP contribution in [0, 0.1) is 0 Å². The second-order valence-electron chi connectivity index (χ2n) is 3.97. The number of hydrogen-bond donors (Lipinski definition) is 2. The fourth-order valence-electron chi connectivity index (χ4n) is 1.54. The number of nitrogens with zero attached hydrogens (tertiary/aromatic N) is 2. The van der Waals surface area contributed by atoms with Gasteiger partial charge in [-0.15, -0.1) is 0 Å². The van der Waals surface area contributed by atoms with Crippen LogP contribution in [0.2, 0.25) is 10.0 Å². The van der Waals surface area contributed by atoms with E-state index < -0.39 is 24.0 Å². The molecule has 0 bridgehead atoms. The van der Waals surface area contributed by atoms with Crippen LogP contribution < -0.4 is 5.32 Å². The predicted octanol–water partition coefficient (Wildman–Crippen LogP) is 4.04. The average molecular weight is 338 g/mol. The third-order valence-corrected chi connectivity index (χ3v) is 3.03. The third-order valence-electron chi connectivity index (χ3n) is 2.48. The predicted molar refractivity (Wildman–Crippen MR) is 72.7 cm³/mol. The Morgan fingerprint density at radius 3 is 2.52 bits per heavy atom. The Bertz CT molecular complexity index is 665. The van der Waals surface area contributed by atoms with E-state index in [0.717, 1.165) is 6.20 Å². The molecule has 0 aliphatic rings. The van der Waals surface area contributed by atoms with Gasteiger partial charge in [0.25, 0.3) is 0 Å². The topological polar surface area (TPSA) is 58.0 Å². The highest BCUT2D eigenvalue weighted by Gasteiger charge is 2.36. The first kappa shape index (κ1) is 15.8. The molecule has 9 heteroatoms. The lowest BCUT2D eigenvalue weighted by Crippen LogP contribution is -2.14. The SMILES string of the molecule is OCc1cnc(Nc2ccc(Cl)cc2Cl)nc1C(F)(F)F. The van der Waals surface area contributed by atoms with Gasteiger partial charge in [-0.3, -0.25) is 0 Å². The summed E-state index contributed by atoms with van der Waals surface area (Å²) in [4.78, 5) is 7.08. The van der Waals surface area contributed by atoms with Gasteiger partial charge in [-0.2, -0.15) is 13.2 Å². The largest absolute Gasteiger partial charge is 0.433 e. The number of hydrogen-bond acceptors (Lipinski definition) is 4. The molecule has 2 rings (SSSR count). The number of alkyl halides is 3. The van der Waals surface area contributed by atoms with E-state index in [1.807, 2.05) is 0 Å². The van der Waals surface area contributed by atoms with Crippen LogP contribution in [0.4, 0.5) is 24.8 Å². The number of aliphatic hydroxyl groups is 1. The molecule has 0 fully saturated rings. The molecular formula is C12H8Cl2F3N3O. The summed E-state index contributed by atoms with van der Waals surface area (Å²) in [7, 11) is 0. The van der Waals surface area contributed by atoms with Gasteiger partial charge in [-0.1, -0.05) is 23.2 Å². The lowest BCUT2D eigenvalue weighted by molar-refractivity contribution is -0.142. The summed E-state index contributed by atoms with van der Waals surface area (Å²) in [5, 5.41) is 12.1. The summed E-state index contributed by atoms with van der Waals surface area (Å²) < 4.78 is 38.4. The van der Waals surface area contributed by atoms with Crippen molar-refractivity contribution in [2.75, 3.05) is 5.32 Å². The molecule has 2 aromatic rings. The number of aromatic nitrogens is 2. The molecule has 0 spiro atoms. The van der Waals surface area contributed by atoms with E-state index in [-0.39, 0.29) is 11.0 Å². The zero-order chi connectivity index (χ0) is 15.6. The van der Waals surface area contributed by atoms with Crippen LogP contribution in [0.15, 0.2) is 24.4 Å². The Labute approximate surface area is 127 Å². The molecule has 0 aliphatic carbocycles. The van der Waals surface area contributed by atoms with E-state index in [0.29, 0.717) is 10.7 Å². The van der Waals surface area contributed by atoms with Crippen LogP contribution in [0.25, 0.3) is 0 Å². The van der Waals surface area contributed by atoms with Gasteiger partial charge in [-0.25, -0.2) is 9.97 Å². The fourth-order valence-corrected chi connectivity index (χ4v) is 2.00. The second kappa shape index (κ2) is 6.05. The van der Waals surface area contributed by atoms with Gasteiger partial charge in [0.15, 0.2) is 5.69 Å². The van der Waals surface area contributed by atoms with Crippen LogP contribution in [0.5, 0.6) is 0 Å². The normalized spacial score (nSPS) is 11.5. The Balaban J connectivity index is 2.37. The minimum absolute atomic E-state index is 0.214. The standard InChI is InChI=1S/C12H8Cl2F3N3O/c13-7-1-2-9(8(14)3-7)19-11-18-4-6(5-21)10(20-11)12(15,16)17/h1-4,21H,5H2,(H,18,19,20). The van der Waals surface area contributed by atoms with Crippen LogP contribution in [0.3, 0.4) is 0 Å². The van der Waals surface area contributed by atoms with Crippen molar-refractivity contribution in [3.05, 3.63) is 45.7 Å². The van der Waals surface area contributed by atoms with Gasteiger partial charge in [-0.05, 0) is 18.2 Å². The second-order valence-corrected chi connectivity index (χ2v) is 4.82. The third kappa shape index (κ3) is 3.75. The van der Waals surface area contributed by atoms with E-state index in [1.54, 1.807) is 0 Å². The minimum Gasteiger partial charge on any atom is -0.392 e. The van der Waals surface area contributed by atoms with E-state index in [4.69, 9.17) is 28.3 Å². The molecule has 0 saturated heterocycles. The molecular weight excluding hydrogens is 330 g/mol. The Kier molecular flexibility index (Phi) is 4.55. The number of nitrogens with one attached hydrogen (secondary N) is 1. The van der Waals surface area contributed by atoms with Crippen molar-refractivity contribution >= 4 is 34.8 Å². The zero-order valence-electron chi connectivity index (χ0n) is 10.2. The minimum atomic E-state index is -4.69. The highest BCUT2D eigenvalue weighted by molar-refractivity contribution is 6.36. The molecule has 112 valence electrons. The molecule has 2 N–H and O–H groups in total. The first-order chi connectivity index (χ1) is 9.81. The fraction of sp³-hybridized carbons (Fsp3) is 0.167. The number of benzene rings is 1. The molecule has 21 heavy (non-hydrogen) atoms. The maximum atomic E-state index is 12.8. The lowest BCUT2D eigenvalue weighted by atomic mass is 10.2. The molecule has 0 aliphatic heterocycles. The van der Waals surface area contributed by atoms with Gasteiger partial charge in [0, 0.05) is 16.8 Å². The van der Waals surface area contributed by atoms with Gasteiger partial charge >= 0.3 is 6.18 Å². The van der Waals surface area contributed by atoms with E-state index >= 15 is 0 Å². The van der Waals surface area contributed by atoms with E-state index in [1.165, 1.54) is 18.2 Å². The molecule has 0 unspecified atom stereocenters. The first-order valence-corrected chi connectivity index (χ1v) is 6.33. The van der Waals surface area contributed by atoms with Crippen molar-refractivity contribution in [2.24, 2.45) is 0 Å². The summed E-state index contributed by atoms with van der Waals surface area (Å²) in [6.07, 6.45) is -3.79. The van der Waals surface area contributed by atoms with Crippen molar-refractivity contribution in [3.63, 3.8) is 0 Å². The first-order valence-electron chi connectivity index (χ1n) is 5.57. The van der Waals surface area contributed by atoms with Gasteiger partial charge in [0.05, 0.1) is 17.3 Å². The molecule has 0 radical (unpaired) electrons. The van der Waals surface area contributed by atoms with Crippen LogP contribution in [-0.2, 0) is 12.8 Å². The Hall–Kier alpha value is -1.57. The van der Waals surface area contributed by atoms with Gasteiger partial charge in [0.1, 0.15) is 0 Å². The molecule has 1 aromatic heterocycles. The molecule has 1 heterocycles. The molecule has 0 amide bonds. The van der Waals surface area contributed by atoms with Crippen LogP contribution >= 0.6 is 23.2 Å². The highest BCUT2D eigenvalue weighted by Crippen LogP contribution is 2.32. The molecule has 1 aromatic carbocycles. The Morgan fingerprint density at radius 2 is 1.95 bits per heavy atom. The summed E-state index contributed by atoms with van der Waals surface area (Å²) in [6.45, 7) is -0.809. The Morgan fingerprint density at radius 1 is 1.24 bits per heavy atom. The van der Waals surface area contributed by atoms with E-state index in [9.17, 15) is 13.2 Å². The maximum absolute atomic E-state index is 12.8. The molecule has 4 nitrogen and oxygen atoms in total. The number of halogens is 5. The number of anilines is 2. The quantitative estimate of drug-likeness (QED) is 0.887.